The Balaban J connectivity index is 2.26. The highest BCUT2D eigenvalue weighted by Gasteiger charge is 2.32. The summed E-state index contributed by atoms with van der Waals surface area (Å²) in [6.07, 6.45) is 0. The van der Waals surface area contributed by atoms with Crippen molar-refractivity contribution in [3.63, 3.8) is 0 Å². The Morgan fingerprint density at radius 3 is 2.93 bits per heavy atom. The molecular formula is C10H6ClFN2S. The minimum absolute atomic E-state index is 0.316. The quantitative estimate of drug-likeness (QED) is 0.606. The molecule has 1 atom stereocenters. The second-order valence-corrected chi connectivity index (χ2v) is 4.87. The van der Waals surface area contributed by atoms with Crippen LogP contribution in [0.4, 0.5) is 4.39 Å². The number of hydrogen-bond acceptors (Lipinski definition) is 3. The first-order chi connectivity index (χ1) is 7.13. The molecule has 0 aliphatic carbocycles. The van der Waals surface area contributed by atoms with Crippen molar-refractivity contribution in [3.8, 4) is 6.07 Å². The van der Waals surface area contributed by atoms with Gasteiger partial charge in [0.15, 0.2) is 0 Å². The fourth-order valence-electron chi connectivity index (χ4n) is 1.22. The van der Waals surface area contributed by atoms with Gasteiger partial charge in [0.2, 0.25) is 0 Å². The minimum atomic E-state index is -1.17. The molecule has 0 radical (unpaired) electrons. The number of benzene rings is 1. The van der Waals surface area contributed by atoms with Gasteiger partial charge in [0.25, 0.3) is 4.33 Å². The number of hydrogen-bond donors (Lipinski definition) is 1. The Morgan fingerprint density at radius 1 is 1.53 bits per heavy atom. The molecule has 0 fully saturated rings. The average Bonchev–Trinajstić information content (AvgIpc) is 2.62. The van der Waals surface area contributed by atoms with Crippen LogP contribution in [0, 0.1) is 17.1 Å². The third-order valence-electron chi connectivity index (χ3n) is 1.91. The predicted octanol–water partition coefficient (Wildman–Crippen LogP) is 2.88. The number of halogens is 2. The van der Waals surface area contributed by atoms with Crippen molar-refractivity contribution in [2.45, 2.75) is 4.33 Å². The smallest absolute Gasteiger partial charge is 0.252 e. The largest absolute Gasteiger partial charge is 0.345 e. The van der Waals surface area contributed by atoms with Crippen LogP contribution in [0.25, 0.3) is 5.70 Å². The van der Waals surface area contributed by atoms with Gasteiger partial charge in [-0.2, -0.15) is 5.26 Å². The molecule has 0 spiro atoms. The van der Waals surface area contributed by atoms with Crippen molar-refractivity contribution < 1.29 is 4.39 Å². The van der Waals surface area contributed by atoms with Crippen LogP contribution in [-0.2, 0) is 0 Å². The first-order valence-electron chi connectivity index (χ1n) is 4.15. The molecule has 1 aliphatic heterocycles. The summed E-state index contributed by atoms with van der Waals surface area (Å²) in [6, 6.07) is 8.04. The molecule has 2 nitrogen and oxygen atoms in total. The van der Waals surface area contributed by atoms with Crippen molar-refractivity contribution in [1.82, 2.24) is 5.32 Å². The third-order valence-corrected chi connectivity index (χ3v) is 3.23. The molecule has 0 saturated heterocycles. The molecule has 1 N–H and O–H groups in total. The highest BCUT2D eigenvalue weighted by atomic mass is 35.5. The van der Waals surface area contributed by atoms with Gasteiger partial charge >= 0.3 is 0 Å². The van der Waals surface area contributed by atoms with Crippen LogP contribution < -0.4 is 5.32 Å². The fraction of sp³-hybridized carbons (Fsp3) is 0.100. The number of nitrogens with zero attached hydrogens (tertiary/aromatic N) is 1. The zero-order valence-electron chi connectivity index (χ0n) is 7.50. The van der Waals surface area contributed by atoms with Crippen molar-refractivity contribution in [3.05, 3.63) is 41.1 Å². The summed E-state index contributed by atoms with van der Waals surface area (Å²) < 4.78 is 11.8. The van der Waals surface area contributed by atoms with E-state index in [9.17, 15) is 4.39 Å². The number of thioether (sulfide) groups is 1. The van der Waals surface area contributed by atoms with Gasteiger partial charge in [-0.05, 0) is 17.5 Å². The van der Waals surface area contributed by atoms with E-state index in [-0.39, 0.29) is 5.82 Å². The summed E-state index contributed by atoms with van der Waals surface area (Å²) in [6.45, 7) is 0. The molecule has 0 aromatic heterocycles. The molecule has 0 saturated carbocycles. The van der Waals surface area contributed by atoms with E-state index in [1.807, 2.05) is 6.07 Å². The summed E-state index contributed by atoms with van der Waals surface area (Å²) in [5.41, 5.74) is 1.34. The highest BCUT2D eigenvalue weighted by molar-refractivity contribution is 8.05. The van der Waals surface area contributed by atoms with E-state index in [4.69, 9.17) is 16.9 Å². The molecular weight excluding hydrogens is 235 g/mol. The van der Waals surface area contributed by atoms with Crippen LogP contribution in [0.5, 0.6) is 0 Å². The molecule has 1 aliphatic rings. The van der Waals surface area contributed by atoms with Crippen molar-refractivity contribution in [1.29, 1.82) is 5.26 Å². The molecule has 1 aromatic rings. The van der Waals surface area contributed by atoms with Gasteiger partial charge in [0.05, 0.1) is 5.70 Å². The van der Waals surface area contributed by atoms with Crippen LogP contribution >= 0.6 is 23.4 Å². The van der Waals surface area contributed by atoms with E-state index >= 15 is 0 Å². The van der Waals surface area contributed by atoms with Crippen LogP contribution in [0.1, 0.15) is 5.56 Å². The standard InChI is InChI=1S/C10H6ClFN2S/c11-10(6-13)14-9(5-15-10)7-2-1-3-8(12)4-7/h1-5,14H. The lowest BCUT2D eigenvalue weighted by atomic mass is 10.2. The lowest BCUT2D eigenvalue weighted by Crippen LogP contribution is -2.28. The van der Waals surface area contributed by atoms with Crippen LogP contribution in [0.3, 0.4) is 0 Å². The molecule has 5 heteroatoms. The van der Waals surface area contributed by atoms with Gasteiger partial charge in [-0.1, -0.05) is 35.5 Å². The Bertz CT molecular complexity index is 469. The Hall–Kier alpha value is -1.18. The first-order valence-corrected chi connectivity index (χ1v) is 5.41. The first kappa shape index (κ1) is 10.3. The molecule has 0 amide bonds. The van der Waals surface area contributed by atoms with Crippen molar-refractivity contribution in [2.24, 2.45) is 0 Å². The molecule has 1 aromatic carbocycles. The van der Waals surface area contributed by atoms with Gasteiger partial charge in [0.1, 0.15) is 11.9 Å². The van der Waals surface area contributed by atoms with Gasteiger partial charge in [0, 0.05) is 5.56 Å². The number of alkyl halides is 1. The predicted molar refractivity (Wildman–Crippen MR) is 59.3 cm³/mol. The van der Waals surface area contributed by atoms with E-state index in [0.717, 1.165) is 11.8 Å². The van der Waals surface area contributed by atoms with Gasteiger partial charge in [-0.3, -0.25) is 0 Å². The van der Waals surface area contributed by atoms with Crippen LogP contribution in [0.15, 0.2) is 29.7 Å². The lowest BCUT2D eigenvalue weighted by Gasteiger charge is -2.13. The molecule has 15 heavy (non-hydrogen) atoms. The van der Waals surface area contributed by atoms with E-state index < -0.39 is 4.33 Å². The second-order valence-electron chi connectivity index (χ2n) is 2.99. The Morgan fingerprint density at radius 2 is 2.33 bits per heavy atom. The number of rotatable bonds is 1. The fourth-order valence-corrected chi connectivity index (χ4v) is 2.16. The zero-order chi connectivity index (χ0) is 10.9. The van der Waals surface area contributed by atoms with Gasteiger partial charge < -0.3 is 5.32 Å². The average molecular weight is 241 g/mol. The topological polar surface area (TPSA) is 35.8 Å². The summed E-state index contributed by atoms with van der Waals surface area (Å²) in [4.78, 5) is 0. The molecule has 2 rings (SSSR count). The summed E-state index contributed by atoms with van der Waals surface area (Å²) in [5, 5.41) is 13.3. The highest BCUT2D eigenvalue weighted by Crippen LogP contribution is 2.38. The summed E-state index contributed by atoms with van der Waals surface area (Å²) in [7, 11) is 0. The Kier molecular flexibility index (Phi) is 2.59. The van der Waals surface area contributed by atoms with E-state index in [2.05, 4.69) is 5.32 Å². The molecule has 76 valence electrons. The van der Waals surface area contributed by atoms with E-state index in [1.165, 1.54) is 12.1 Å². The SMILES string of the molecule is N#CC1(Cl)NC(c2cccc(F)c2)=CS1. The summed E-state index contributed by atoms with van der Waals surface area (Å²) in [5.74, 6) is -0.316. The van der Waals surface area contributed by atoms with Gasteiger partial charge in [-0.25, -0.2) is 4.39 Å². The van der Waals surface area contributed by atoms with Crippen LogP contribution in [0.2, 0.25) is 0 Å². The second kappa shape index (κ2) is 3.76. The third kappa shape index (κ3) is 2.09. The monoisotopic (exact) mass is 240 g/mol. The molecule has 1 unspecified atom stereocenters. The summed E-state index contributed by atoms with van der Waals surface area (Å²) >= 11 is 7.05. The van der Waals surface area contributed by atoms with Crippen molar-refractivity contribution >= 4 is 29.1 Å². The Labute approximate surface area is 95.7 Å². The maximum Gasteiger partial charge on any atom is 0.252 e. The molecule has 1 heterocycles. The van der Waals surface area contributed by atoms with Gasteiger partial charge in [-0.15, -0.1) is 0 Å². The van der Waals surface area contributed by atoms with E-state index in [0.29, 0.717) is 11.3 Å². The zero-order valence-corrected chi connectivity index (χ0v) is 9.07. The number of nitrogens with one attached hydrogen (secondary N) is 1. The maximum atomic E-state index is 12.9. The minimum Gasteiger partial charge on any atom is -0.345 e. The van der Waals surface area contributed by atoms with Crippen LogP contribution in [-0.4, -0.2) is 4.33 Å². The normalized spacial score (nSPS) is 24.2. The van der Waals surface area contributed by atoms with Crippen molar-refractivity contribution in [2.75, 3.05) is 0 Å². The van der Waals surface area contributed by atoms with E-state index in [1.54, 1.807) is 17.5 Å². The lowest BCUT2D eigenvalue weighted by molar-refractivity contribution is 0.627. The maximum absolute atomic E-state index is 12.9. The molecule has 0 bridgehead atoms. The number of nitriles is 1.